The normalized spacial score (nSPS) is 13.8. The summed E-state index contributed by atoms with van der Waals surface area (Å²) >= 11 is 0. The molecule has 1 aromatic heterocycles. The Morgan fingerprint density at radius 3 is 2.32 bits per heavy atom. The van der Waals surface area contributed by atoms with Crippen LogP contribution in [-0.2, 0) is 5.60 Å². The molecular formula is C14H14O5. The second-order valence-electron chi connectivity index (χ2n) is 4.27. The van der Waals surface area contributed by atoms with Crippen molar-refractivity contribution in [3.8, 4) is 5.75 Å². The van der Waals surface area contributed by atoms with Crippen LogP contribution in [0.3, 0.4) is 0 Å². The molecular weight excluding hydrogens is 248 g/mol. The van der Waals surface area contributed by atoms with Crippen LogP contribution in [0.4, 0.5) is 0 Å². The van der Waals surface area contributed by atoms with E-state index in [4.69, 9.17) is 14.3 Å². The molecule has 1 aromatic carbocycles. The zero-order chi connectivity index (χ0) is 14.0. The number of hydrogen-bond donors (Lipinski definition) is 2. The maximum Gasteiger partial charge on any atom is 0.371 e. The van der Waals surface area contributed by atoms with Crippen LogP contribution in [0, 0.1) is 0 Å². The van der Waals surface area contributed by atoms with Crippen LogP contribution < -0.4 is 4.74 Å². The molecule has 1 unspecified atom stereocenters. The van der Waals surface area contributed by atoms with E-state index in [0.29, 0.717) is 11.3 Å². The van der Waals surface area contributed by atoms with Gasteiger partial charge in [0.15, 0.2) is 0 Å². The standard InChI is InChI=1S/C14H14O5/c1-14(17,9-3-5-10(18-2)6-4-9)12-8-7-11(19-12)13(15)16/h3-8,17H,1-2H3,(H,15,16). The molecule has 0 saturated carbocycles. The Hall–Kier alpha value is -2.27. The highest BCUT2D eigenvalue weighted by atomic mass is 16.5. The quantitative estimate of drug-likeness (QED) is 0.883. The van der Waals surface area contributed by atoms with E-state index in [1.54, 1.807) is 38.3 Å². The van der Waals surface area contributed by atoms with Gasteiger partial charge in [-0.15, -0.1) is 0 Å². The highest BCUT2D eigenvalue weighted by Gasteiger charge is 2.30. The lowest BCUT2D eigenvalue weighted by atomic mass is 9.93. The zero-order valence-electron chi connectivity index (χ0n) is 10.6. The molecule has 0 aliphatic rings. The fourth-order valence-electron chi connectivity index (χ4n) is 1.77. The van der Waals surface area contributed by atoms with Crippen LogP contribution >= 0.6 is 0 Å². The Kier molecular flexibility index (Phi) is 3.31. The lowest BCUT2D eigenvalue weighted by molar-refractivity contribution is 0.0601. The second kappa shape index (κ2) is 4.78. The third-order valence-electron chi connectivity index (χ3n) is 2.95. The van der Waals surface area contributed by atoms with Gasteiger partial charge in [0.1, 0.15) is 17.1 Å². The average Bonchev–Trinajstić information content (AvgIpc) is 2.89. The third kappa shape index (κ3) is 2.46. The van der Waals surface area contributed by atoms with Gasteiger partial charge in [0.25, 0.3) is 0 Å². The third-order valence-corrected chi connectivity index (χ3v) is 2.95. The smallest absolute Gasteiger partial charge is 0.371 e. The molecule has 100 valence electrons. The molecule has 1 atom stereocenters. The van der Waals surface area contributed by atoms with Crippen LogP contribution in [-0.4, -0.2) is 23.3 Å². The summed E-state index contributed by atoms with van der Waals surface area (Å²) in [4.78, 5) is 10.8. The first kappa shape index (κ1) is 13.2. The molecule has 0 bridgehead atoms. The summed E-state index contributed by atoms with van der Waals surface area (Å²) in [6.07, 6.45) is 0. The number of aromatic carboxylic acids is 1. The molecule has 5 heteroatoms. The molecule has 5 nitrogen and oxygen atoms in total. The zero-order valence-corrected chi connectivity index (χ0v) is 10.6. The van der Waals surface area contributed by atoms with E-state index < -0.39 is 11.6 Å². The number of methoxy groups -OCH3 is 1. The number of furan rings is 1. The molecule has 0 fully saturated rings. The number of carboxylic acid groups (broad SMARTS) is 1. The van der Waals surface area contributed by atoms with Crippen molar-refractivity contribution in [2.75, 3.05) is 7.11 Å². The van der Waals surface area contributed by atoms with Crippen molar-refractivity contribution in [1.29, 1.82) is 0 Å². The monoisotopic (exact) mass is 262 g/mol. The first-order valence-electron chi connectivity index (χ1n) is 5.65. The molecule has 0 aliphatic heterocycles. The van der Waals surface area contributed by atoms with Crippen molar-refractivity contribution in [1.82, 2.24) is 0 Å². The SMILES string of the molecule is COc1ccc(C(C)(O)c2ccc(C(=O)O)o2)cc1. The molecule has 0 spiro atoms. The largest absolute Gasteiger partial charge is 0.497 e. The summed E-state index contributed by atoms with van der Waals surface area (Å²) in [7, 11) is 1.55. The van der Waals surface area contributed by atoms with Crippen molar-refractivity contribution in [3.05, 3.63) is 53.5 Å². The topological polar surface area (TPSA) is 79.9 Å². The van der Waals surface area contributed by atoms with Crippen LogP contribution in [0.25, 0.3) is 0 Å². The lowest BCUT2D eigenvalue weighted by Crippen LogP contribution is -2.21. The van der Waals surface area contributed by atoms with Gasteiger partial charge in [0.05, 0.1) is 7.11 Å². The van der Waals surface area contributed by atoms with Crippen molar-refractivity contribution >= 4 is 5.97 Å². The van der Waals surface area contributed by atoms with Crippen molar-refractivity contribution in [2.24, 2.45) is 0 Å². The van der Waals surface area contributed by atoms with Gasteiger partial charge in [0.2, 0.25) is 5.76 Å². The van der Waals surface area contributed by atoms with E-state index in [1.165, 1.54) is 12.1 Å². The van der Waals surface area contributed by atoms with Gasteiger partial charge >= 0.3 is 5.97 Å². The predicted octanol–water partition coefficient (Wildman–Crippen LogP) is 2.24. The summed E-state index contributed by atoms with van der Waals surface area (Å²) < 4.78 is 10.2. The van der Waals surface area contributed by atoms with E-state index in [2.05, 4.69) is 0 Å². The summed E-state index contributed by atoms with van der Waals surface area (Å²) in [5.41, 5.74) is -0.820. The van der Waals surface area contributed by atoms with Gasteiger partial charge in [-0.3, -0.25) is 0 Å². The number of hydrogen-bond acceptors (Lipinski definition) is 4. The van der Waals surface area contributed by atoms with Crippen LogP contribution in [0.2, 0.25) is 0 Å². The highest BCUT2D eigenvalue weighted by Crippen LogP contribution is 2.31. The fraction of sp³-hybridized carbons (Fsp3) is 0.214. The number of carbonyl (C=O) groups is 1. The first-order valence-corrected chi connectivity index (χ1v) is 5.65. The molecule has 0 saturated heterocycles. The van der Waals surface area contributed by atoms with Gasteiger partial charge in [0, 0.05) is 0 Å². The first-order chi connectivity index (χ1) is 8.95. The summed E-state index contributed by atoms with van der Waals surface area (Å²) in [6, 6.07) is 9.59. The van der Waals surface area contributed by atoms with Crippen LogP contribution in [0.1, 0.15) is 28.8 Å². The molecule has 0 amide bonds. The summed E-state index contributed by atoms with van der Waals surface area (Å²) in [6.45, 7) is 1.54. The van der Waals surface area contributed by atoms with Crippen molar-refractivity contribution in [2.45, 2.75) is 12.5 Å². The van der Waals surface area contributed by atoms with E-state index in [-0.39, 0.29) is 11.5 Å². The lowest BCUT2D eigenvalue weighted by Gasteiger charge is -2.21. The Morgan fingerprint density at radius 1 is 1.21 bits per heavy atom. The van der Waals surface area contributed by atoms with Gasteiger partial charge < -0.3 is 19.4 Å². The minimum Gasteiger partial charge on any atom is -0.497 e. The molecule has 2 N–H and O–H groups in total. The minimum absolute atomic E-state index is 0.176. The second-order valence-corrected chi connectivity index (χ2v) is 4.27. The molecule has 2 rings (SSSR count). The average molecular weight is 262 g/mol. The number of carboxylic acids is 1. The molecule has 0 radical (unpaired) electrons. The summed E-state index contributed by atoms with van der Waals surface area (Å²) in [5, 5.41) is 19.3. The number of benzene rings is 1. The van der Waals surface area contributed by atoms with Gasteiger partial charge in [-0.1, -0.05) is 12.1 Å². The van der Waals surface area contributed by atoms with Crippen LogP contribution in [0.15, 0.2) is 40.8 Å². The van der Waals surface area contributed by atoms with Crippen LogP contribution in [0.5, 0.6) is 5.75 Å². The number of ether oxygens (including phenoxy) is 1. The number of rotatable bonds is 4. The Balaban J connectivity index is 2.36. The molecule has 19 heavy (non-hydrogen) atoms. The van der Waals surface area contributed by atoms with E-state index >= 15 is 0 Å². The van der Waals surface area contributed by atoms with E-state index in [0.717, 1.165) is 0 Å². The van der Waals surface area contributed by atoms with Crippen molar-refractivity contribution in [3.63, 3.8) is 0 Å². The molecule has 2 aromatic rings. The predicted molar refractivity (Wildman–Crippen MR) is 67.3 cm³/mol. The van der Waals surface area contributed by atoms with Gasteiger partial charge in [-0.2, -0.15) is 0 Å². The molecule has 0 aliphatic carbocycles. The Morgan fingerprint density at radius 2 is 1.84 bits per heavy atom. The highest BCUT2D eigenvalue weighted by molar-refractivity contribution is 5.84. The van der Waals surface area contributed by atoms with Gasteiger partial charge in [-0.05, 0) is 36.8 Å². The van der Waals surface area contributed by atoms with E-state index in [9.17, 15) is 9.90 Å². The Bertz CT molecular complexity index is 580. The van der Waals surface area contributed by atoms with E-state index in [1.807, 2.05) is 0 Å². The Labute approximate surface area is 110 Å². The minimum atomic E-state index is -1.40. The molecule has 1 heterocycles. The summed E-state index contributed by atoms with van der Waals surface area (Å²) in [5.74, 6) is -0.527. The maximum absolute atomic E-state index is 10.8. The van der Waals surface area contributed by atoms with Crippen molar-refractivity contribution < 1.29 is 24.2 Å². The maximum atomic E-state index is 10.8. The van der Waals surface area contributed by atoms with Gasteiger partial charge in [-0.25, -0.2) is 4.79 Å². The number of aliphatic hydroxyl groups is 1. The fourth-order valence-corrected chi connectivity index (χ4v) is 1.77.